The van der Waals surface area contributed by atoms with Crippen molar-refractivity contribution in [2.75, 3.05) is 13.6 Å². The van der Waals surface area contributed by atoms with E-state index in [0.29, 0.717) is 11.7 Å². The minimum absolute atomic E-state index is 0. The van der Waals surface area contributed by atoms with E-state index in [9.17, 15) is 0 Å². The molecule has 22 heavy (non-hydrogen) atoms. The fraction of sp³-hybridized carbons (Fsp3) is 0.500. The molecule has 1 atom stereocenters. The van der Waals surface area contributed by atoms with Crippen molar-refractivity contribution in [1.82, 2.24) is 15.0 Å². The Balaban J connectivity index is 0.00000176. The lowest BCUT2D eigenvalue weighted by atomic mass is 9.77. The van der Waals surface area contributed by atoms with Crippen LogP contribution in [0.25, 0.3) is 0 Å². The minimum Gasteiger partial charge on any atom is -0.337 e. The van der Waals surface area contributed by atoms with Crippen molar-refractivity contribution in [3.05, 3.63) is 47.6 Å². The molecule has 0 amide bonds. The average molecular weight is 323 g/mol. The molecule has 3 rings (SSSR count). The van der Waals surface area contributed by atoms with Gasteiger partial charge in [-0.1, -0.05) is 42.4 Å². The van der Waals surface area contributed by atoms with E-state index in [4.69, 9.17) is 10.3 Å². The van der Waals surface area contributed by atoms with E-state index in [1.54, 1.807) is 0 Å². The van der Waals surface area contributed by atoms with Crippen LogP contribution in [0.4, 0.5) is 0 Å². The first-order valence-corrected chi connectivity index (χ1v) is 7.52. The van der Waals surface area contributed by atoms with E-state index in [2.05, 4.69) is 41.1 Å². The van der Waals surface area contributed by atoms with Crippen LogP contribution in [0.3, 0.4) is 0 Å². The highest BCUT2D eigenvalue weighted by Crippen LogP contribution is 2.38. The molecule has 1 fully saturated rings. The number of nitrogens with two attached hydrogens (primary N) is 1. The molecule has 2 N–H and O–H groups in total. The summed E-state index contributed by atoms with van der Waals surface area (Å²) in [5.74, 6) is 1.27. The van der Waals surface area contributed by atoms with Gasteiger partial charge in [-0.15, -0.1) is 12.4 Å². The maximum atomic E-state index is 6.29. The van der Waals surface area contributed by atoms with E-state index in [-0.39, 0.29) is 24.0 Å². The summed E-state index contributed by atoms with van der Waals surface area (Å²) in [6.07, 6.45) is 3.01. The number of nitrogens with zero attached hydrogens (tertiary/aromatic N) is 3. The Morgan fingerprint density at radius 3 is 2.55 bits per heavy atom. The number of halogens is 1. The zero-order valence-electron chi connectivity index (χ0n) is 13.0. The summed E-state index contributed by atoms with van der Waals surface area (Å²) in [5, 5.41) is 4.14. The summed E-state index contributed by atoms with van der Waals surface area (Å²) in [4.78, 5) is 6.80. The molecule has 1 aromatic carbocycles. The van der Waals surface area contributed by atoms with Gasteiger partial charge in [-0.2, -0.15) is 4.98 Å². The van der Waals surface area contributed by atoms with Gasteiger partial charge in [0.05, 0.1) is 5.54 Å². The van der Waals surface area contributed by atoms with Gasteiger partial charge >= 0.3 is 0 Å². The van der Waals surface area contributed by atoms with Crippen LogP contribution in [0.1, 0.15) is 49.5 Å². The highest BCUT2D eigenvalue weighted by atomic mass is 35.5. The van der Waals surface area contributed by atoms with Crippen LogP contribution < -0.4 is 5.73 Å². The molecule has 1 unspecified atom stereocenters. The fourth-order valence-corrected chi connectivity index (χ4v) is 2.73. The number of rotatable bonds is 5. The first-order chi connectivity index (χ1) is 10.1. The molecule has 1 aliphatic carbocycles. The second-order valence-electron chi connectivity index (χ2n) is 5.85. The Morgan fingerprint density at radius 2 is 2.00 bits per heavy atom. The normalized spacial score (nSPS) is 17.6. The molecule has 1 saturated carbocycles. The van der Waals surface area contributed by atoms with Gasteiger partial charge < -0.3 is 10.3 Å². The van der Waals surface area contributed by atoms with Crippen LogP contribution in [0.15, 0.2) is 34.9 Å². The van der Waals surface area contributed by atoms with Crippen molar-refractivity contribution < 1.29 is 4.52 Å². The van der Waals surface area contributed by atoms with Gasteiger partial charge in [-0.25, -0.2) is 0 Å². The van der Waals surface area contributed by atoms with E-state index >= 15 is 0 Å². The molecule has 0 saturated heterocycles. The van der Waals surface area contributed by atoms with Crippen LogP contribution in [0.2, 0.25) is 0 Å². The molecule has 1 heterocycles. The van der Waals surface area contributed by atoms with Gasteiger partial charge in [0.2, 0.25) is 5.89 Å². The lowest BCUT2D eigenvalue weighted by Crippen LogP contribution is -2.44. The Bertz CT molecular complexity index is 597. The molecule has 120 valence electrons. The molecule has 0 radical (unpaired) electrons. The van der Waals surface area contributed by atoms with E-state index in [1.165, 1.54) is 0 Å². The molecule has 0 spiro atoms. The molecule has 0 bridgehead atoms. The van der Waals surface area contributed by atoms with Crippen molar-refractivity contribution in [3.8, 4) is 0 Å². The second kappa shape index (κ2) is 6.77. The Hall–Kier alpha value is -1.43. The van der Waals surface area contributed by atoms with Crippen molar-refractivity contribution in [3.63, 3.8) is 0 Å². The van der Waals surface area contributed by atoms with Crippen molar-refractivity contribution in [2.24, 2.45) is 5.73 Å². The minimum atomic E-state index is -0.381. The summed E-state index contributed by atoms with van der Waals surface area (Å²) < 4.78 is 5.54. The predicted octanol–water partition coefficient (Wildman–Crippen LogP) is 2.87. The molecule has 6 heteroatoms. The summed E-state index contributed by atoms with van der Waals surface area (Å²) in [7, 11) is 2.06. The quantitative estimate of drug-likeness (QED) is 0.916. The maximum Gasteiger partial charge on any atom is 0.248 e. The predicted molar refractivity (Wildman–Crippen MR) is 87.9 cm³/mol. The molecular formula is C16H23ClN4O. The number of hydrogen-bond acceptors (Lipinski definition) is 5. The zero-order chi connectivity index (χ0) is 14.9. The standard InChI is InChI=1S/C16H22N4O.ClH/c1-3-20(2)13(12-8-5-4-6-9-12)14-18-15(19-21-14)16(17)10-7-11-16;/h4-6,8-9,13H,3,7,10-11,17H2,1-2H3;1H. The summed E-state index contributed by atoms with van der Waals surface area (Å²) in [5.41, 5.74) is 7.05. The average Bonchev–Trinajstić information content (AvgIpc) is 2.95. The lowest BCUT2D eigenvalue weighted by molar-refractivity contribution is 0.220. The monoisotopic (exact) mass is 322 g/mol. The largest absolute Gasteiger partial charge is 0.337 e. The fourth-order valence-electron chi connectivity index (χ4n) is 2.73. The smallest absolute Gasteiger partial charge is 0.248 e. The lowest BCUT2D eigenvalue weighted by Gasteiger charge is -2.34. The van der Waals surface area contributed by atoms with Gasteiger partial charge in [0.1, 0.15) is 6.04 Å². The van der Waals surface area contributed by atoms with Crippen LogP contribution in [-0.4, -0.2) is 28.6 Å². The molecular weight excluding hydrogens is 300 g/mol. The van der Waals surface area contributed by atoms with Crippen LogP contribution in [0, 0.1) is 0 Å². The topological polar surface area (TPSA) is 68.2 Å². The number of hydrogen-bond donors (Lipinski definition) is 1. The Morgan fingerprint density at radius 1 is 1.32 bits per heavy atom. The molecule has 1 aliphatic rings. The highest BCUT2D eigenvalue weighted by molar-refractivity contribution is 5.85. The molecule has 0 aliphatic heterocycles. The van der Waals surface area contributed by atoms with Gasteiger partial charge in [-0.3, -0.25) is 4.90 Å². The van der Waals surface area contributed by atoms with Crippen LogP contribution in [0.5, 0.6) is 0 Å². The van der Waals surface area contributed by atoms with Crippen LogP contribution in [-0.2, 0) is 5.54 Å². The molecule has 2 aromatic rings. The van der Waals surface area contributed by atoms with Crippen molar-refractivity contribution >= 4 is 12.4 Å². The van der Waals surface area contributed by atoms with Gasteiger partial charge in [0, 0.05) is 0 Å². The second-order valence-corrected chi connectivity index (χ2v) is 5.85. The van der Waals surface area contributed by atoms with Crippen molar-refractivity contribution in [1.29, 1.82) is 0 Å². The Labute approximate surface area is 137 Å². The highest BCUT2D eigenvalue weighted by Gasteiger charge is 2.39. The third-order valence-corrected chi connectivity index (χ3v) is 4.42. The van der Waals surface area contributed by atoms with E-state index in [1.807, 2.05) is 18.2 Å². The molecule has 5 nitrogen and oxygen atoms in total. The zero-order valence-corrected chi connectivity index (χ0v) is 13.8. The van der Waals surface area contributed by atoms with Crippen LogP contribution >= 0.6 is 12.4 Å². The molecule has 1 aromatic heterocycles. The summed E-state index contributed by atoms with van der Waals surface area (Å²) in [6, 6.07) is 10.2. The number of benzene rings is 1. The van der Waals surface area contributed by atoms with Gasteiger partial charge in [-0.05, 0) is 38.4 Å². The first kappa shape index (κ1) is 16.9. The third kappa shape index (κ3) is 3.02. The number of aromatic nitrogens is 2. The summed E-state index contributed by atoms with van der Waals surface area (Å²) >= 11 is 0. The summed E-state index contributed by atoms with van der Waals surface area (Å²) in [6.45, 7) is 3.01. The van der Waals surface area contributed by atoms with Gasteiger partial charge in [0.25, 0.3) is 0 Å². The Kier molecular flexibility index (Phi) is 5.21. The van der Waals surface area contributed by atoms with E-state index in [0.717, 1.165) is 31.4 Å². The SMILES string of the molecule is CCN(C)C(c1ccccc1)c1nc(C2(N)CCC2)no1.Cl. The first-order valence-electron chi connectivity index (χ1n) is 7.52. The van der Waals surface area contributed by atoms with E-state index < -0.39 is 0 Å². The maximum absolute atomic E-state index is 6.29. The third-order valence-electron chi connectivity index (χ3n) is 4.42. The van der Waals surface area contributed by atoms with Gasteiger partial charge in [0.15, 0.2) is 5.82 Å². The van der Waals surface area contributed by atoms with Crippen molar-refractivity contribution in [2.45, 2.75) is 37.8 Å².